The fourth-order valence-electron chi connectivity index (χ4n) is 3.29. The lowest BCUT2D eigenvalue weighted by atomic mass is 9.79. The molecule has 0 N–H and O–H groups in total. The first-order chi connectivity index (χ1) is 10.2. The average molecular weight is 286 g/mol. The monoisotopic (exact) mass is 286 g/mol. The van der Waals surface area contributed by atoms with E-state index in [1.54, 1.807) is 24.3 Å². The summed E-state index contributed by atoms with van der Waals surface area (Å²) in [6.07, 6.45) is 4.13. The van der Waals surface area contributed by atoms with Gasteiger partial charge in [0, 0.05) is 5.56 Å². The maximum Gasteiger partial charge on any atom is 0.166 e. The Balaban J connectivity index is 1.93. The van der Waals surface area contributed by atoms with Crippen molar-refractivity contribution < 1.29 is 8.78 Å². The molecule has 110 valence electrons. The number of benzene rings is 2. The summed E-state index contributed by atoms with van der Waals surface area (Å²) in [4.78, 5) is 0. The first-order valence-corrected chi connectivity index (χ1v) is 7.70. The van der Waals surface area contributed by atoms with Gasteiger partial charge in [-0.05, 0) is 35.8 Å². The SMILES string of the molecule is CC1CCC(c2ccc(-c3ccccc3)c(F)c2F)CC1. The molecular weight excluding hydrogens is 266 g/mol. The van der Waals surface area contributed by atoms with E-state index in [2.05, 4.69) is 6.92 Å². The Kier molecular flexibility index (Phi) is 4.05. The highest BCUT2D eigenvalue weighted by molar-refractivity contribution is 5.64. The van der Waals surface area contributed by atoms with Gasteiger partial charge in [0.25, 0.3) is 0 Å². The summed E-state index contributed by atoms with van der Waals surface area (Å²) in [5, 5.41) is 0. The predicted molar refractivity (Wildman–Crippen MR) is 82.2 cm³/mol. The Morgan fingerprint density at radius 1 is 0.810 bits per heavy atom. The van der Waals surface area contributed by atoms with Gasteiger partial charge in [0.05, 0.1) is 0 Å². The summed E-state index contributed by atoms with van der Waals surface area (Å²) < 4.78 is 28.9. The maximum atomic E-state index is 14.5. The second kappa shape index (κ2) is 5.97. The number of rotatable bonds is 2. The highest BCUT2D eigenvalue weighted by Crippen LogP contribution is 2.38. The standard InChI is InChI=1S/C19H20F2/c1-13-7-9-15(10-8-13)17-12-11-16(18(20)19(17)21)14-5-3-2-4-6-14/h2-6,11-13,15H,7-10H2,1H3. The smallest absolute Gasteiger partial charge is 0.166 e. The van der Waals surface area contributed by atoms with Gasteiger partial charge in [0.15, 0.2) is 11.6 Å². The Bertz CT molecular complexity index is 611. The molecule has 0 heterocycles. The van der Waals surface area contributed by atoms with E-state index in [0.717, 1.165) is 31.2 Å². The third-order valence-electron chi connectivity index (χ3n) is 4.65. The van der Waals surface area contributed by atoms with Crippen molar-refractivity contribution in [1.82, 2.24) is 0 Å². The largest absolute Gasteiger partial charge is 0.203 e. The minimum absolute atomic E-state index is 0.167. The number of halogens is 2. The molecule has 3 rings (SSSR count). The van der Waals surface area contributed by atoms with Gasteiger partial charge in [-0.3, -0.25) is 0 Å². The van der Waals surface area contributed by atoms with Crippen molar-refractivity contribution in [3.8, 4) is 11.1 Å². The molecule has 2 aromatic carbocycles. The minimum Gasteiger partial charge on any atom is -0.203 e. The summed E-state index contributed by atoms with van der Waals surface area (Å²) in [6.45, 7) is 2.23. The molecule has 1 saturated carbocycles. The Labute approximate surface area is 124 Å². The molecule has 2 aromatic rings. The van der Waals surface area contributed by atoms with Crippen LogP contribution in [0, 0.1) is 17.6 Å². The van der Waals surface area contributed by atoms with Crippen LogP contribution in [0.4, 0.5) is 8.78 Å². The van der Waals surface area contributed by atoms with E-state index in [4.69, 9.17) is 0 Å². The van der Waals surface area contributed by atoms with Crippen LogP contribution in [0.1, 0.15) is 44.1 Å². The molecule has 0 aromatic heterocycles. The van der Waals surface area contributed by atoms with E-state index < -0.39 is 11.6 Å². The van der Waals surface area contributed by atoms with Gasteiger partial charge in [-0.25, -0.2) is 8.78 Å². The summed E-state index contributed by atoms with van der Waals surface area (Å²) in [7, 11) is 0. The third-order valence-corrected chi connectivity index (χ3v) is 4.65. The topological polar surface area (TPSA) is 0 Å². The number of hydrogen-bond acceptors (Lipinski definition) is 0. The molecule has 2 heteroatoms. The van der Waals surface area contributed by atoms with Crippen LogP contribution < -0.4 is 0 Å². The molecule has 0 bridgehead atoms. The first kappa shape index (κ1) is 14.2. The average Bonchev–Trinajstić information content (AvgIpc) is 2.52. The third kappa shape index (κ3) is 2.85. The molecule has 0 aliphatic heterocycles. The van der Waals surface area contributed by atoms with E-state index in [1.807, 2.05) is 18.2 Å². The molecule has 0 radical (unpaired) electrons. The van der Waals surface area contributed by atoms with Gasteiger partial charge in [0.2, 0.25) is 0 Å². The van der Waals surface area contributed by atoms with Gasteiger partial charge in [-0.1, -0.05) is 62.2 Å². The van der Waals surface area contributed by atoms with Gasteiger partial charge in [-0.15, -0.1) is 0 Å². The number of hydrogen-bond donors (Lipinski definition) is 0. The molecule has 1 aliphatic rings. The van der Waals surface area contributed by atoms with Gasteiger partial charge >= 0.3 is 0 Å². The fourth-order valence-corrected chi connectivity index (χ4v) is 3.29. The quantitative estimate of drug-likeness (QED) is 0.642. The Morgan fingerprint density at radius 3 is 2.14 bits per heavy atom. The molecule has 0 amide bonds. The summed E-state index contributed by atoms with van der Waals surface area (Å²) in [6, 6.07) is 12.7. The zero-order valence-corrected chi connectivity index (χ0v) is 12.3. The molecule has 1 aliphatic carbocycles. The van der Waals surface area contributed by atoms with Gasteiger partial charge in [-0.2, -0.15) is 0 Å². The molecule has 0 spiro atoms. The molecule has 0 saturated heterocycles. The van der Waals surface area contributed by atoms with E-state index in [9.17, 15) is 8.78 Å². The maximum absolute atomic E-state index is 14.5. The summed E-state index contributed by atoms with van der Waals surface area (Å²) in [5.41, 5.74) is 1.62. The van der Waals surface area contributed by atoms with Crippen LogP contribution in [0.5, 0.6) is 0 Å². The van der Waals surface area contributed by atoms with E-state index >= 15 is 0 Å². The predicted octanol–water partition coefficient (Wildman–Crippen LogP) is 5.93. The molecular formula is C19H20F2. The van der Waals surface area contributed by atoms with Crippen LogP contribution in [0.3, 0.4) is 0 Å². The summed E-state index contributed by atoms with van der Waals surface area (Å²) >= 11 is 0. The van der Waals surface area contributed by atoms with Gasteiger partial charge < -0.3 is 0 Å². The highest BCUT2D eigenvalue weighted by Gasteiger charge is 2.24. The second-order valence-electron chi connectivity index (χ2n) is 6.15. The highest BCUT2D eigenvalue weighted by atomic mass is 19.2. The Morgan fingerprint density at radius 2 is 1.48 bits per heavy atom. The van der Waals surface area contributed by atoms with Gasteiger partial charge in [0.1, 0.15) is 0 Å². The second-order valence-corrected chi connectivity index (χ2v) is 6.15. The van der Waals surface area contributed by atoms with Crippen LogP contribution >= 0.6 is 0 Å². The van der Waals surface area contributed by atoms with Crippen molar-refractivity contribution in [2.45, 2.75) is 38.5 Å². The molecule has 1 fully saturated rings. The zero-order valence-electron chi connectivity index (χ0n) is 12.3. The fraction of sp³-hybridized carbons (Fsp3) is 0.368. The van der Waals surface area contributed by atoms with Crippen molar-refractivity contribution in [2.24, 2.45) is 5.92 Å². The van der Waals surface area contributed by atoms with Crippen LogP contribution in [-0.2, 0) is 0 Å². The first-order valence-electron chi connectivity index (χ1n) is 7.70. The molecule has 0 unspecified atom stereocenters. The van der Waals surface area contributed by atoms with Crippen molar-refractivity contribution in [2.75, 3.05) is 0 Å². The van der Waals surface area contributed by atoms with E-state index in [1.165, 1.54) is 0 Å². The Hall–Kier alpha value is -1.70. The normalized spacial score (nSPS) is 22.2. The van der Waals surface area contributed by atoms with Crippen molar-refractivity contribution >= 4 is 0 Å². The van der Waals surface area contributed by atoms with Crippen LogP contribution in [0.15, 0.2) is 42.5 Å². The zero-order chi connectivity index (χ0) is 14.8. The van der Waals surface area contributed by atoms with Crippen molar-refractivity contribution in [3.63, 3.8) is 0 Å². The lowest BCUT2D eigenvalue weighted by Crippen LogP contribution is -2.13. The van der Waals surface area contributed by atoms with Crippen LogP contribution in [-0.4, -0.2) is 0 Å². The van der Waals surface area contributed by atoms with Crippen molar-refractivity contribution in [3.05, 3.63) is 59.7 Å². The van der Waals surface area contributed by atoms with Crippen molar-refractivity contribution in [1.29, 1.82) is 0 Å². The van der Waals surface area contributed by atoms with Crippen LogP contribution in [0.2, 0.25) is 0 Å². The molecule has 21 heavy (non-hydrogen) atoms. The molecule has 0 nitrogen and oxygen atoms in total. The molecule has 0 atom stereocenters. The van der Waals surface area contributed by atoms with Crippen LogP contribution in [0.25, 0.3) is 11.1 Å². The van der Waals surface area contributed by atoms with E-state index in [0.29, 0.717) is 17.0 Å². The van der Waals surface area contributed by atoms with E-state index in [-0.39, 0.29) is 5.92 Å². The minimum atomic E-state index is -0.711. The lowest BCUT2D eigenvalue weighted by molar-refractivity contribution is 0.339. The summed E-state index contributed by atoms with van der Waals surface area (Å²) in [5.74, 6) is -0.494. The lowest BCUT2D eigenvalue weighted by Gasteiger charge is -2.27.